The molecule has 1 aliphatic rings. The zero-order chi connectivity index (χ0) is 39.1. The van der Waals surface area contributed by atoms with Crippen LogP contribution >= 0.6 is 42.0 Å². The Bertz CT molecular complexity index is 1990. The van der Waals surface area contributed by atoms with Crippen LogP contribution in [0.4, 0.5) is 0 Å². The molecule has 4 aromatic rings. The van der Waals surface area contributed by atoms with Crippen LogP contribution < -0.4 is 4.74 Å². The van der Waals surface area contributed by atoms with Crippen LogP contribution in [0.25, 0.3) is 21.7 Å². The third kappa shape index (κ3) is 11.4. The van der Waals surface area contributed by atoms with Crippen LogP contribution in [0, 0.1) is 3.57 Å². The van der Waals surface area contributed by atoms with Crippen molar-refractivity contribution in [2.24, 2.45) is 0 Å². The van der Waals surface area contributed by atoms with Crippen molar-refractivity contribution in [3.8, 4) is 5.75 Å². The highest BCUT2D eigenvalue weighted by molar-refractivity contribution is 14.1. The first-order valence-corrected chi connectivity index (χ1v) is 24.3. The molecule has 3 aromatic carbocycles. The fraction of sp³-hybridized carbons (Fsp3) is 0.537. The van der Waals surface area contributed by atoms with Crippen molar-refractivity contribution in [2.75, 3.05) is 13.2 Å². The first kappa shape index (κ1) is 42.4. The smallest absolute Gasteiger partial charge is 0.476 e. The van der Waals surface area contributed by atoms with E-state index in [4.69, 9.17) is 34.3 Å². The maximum absolute atomic E-state index is 14.3. The van der Waals surface area contributed by atoms with E-state index in [1.54, 1.807) is 0 Å². The van der Waals surface area contributed by atoms with Gasteiger partial charge in [-0.05, 0) is 154 Å². The second kappa shape index (κ2) is 16.0. The zero-order valence-corrected chi connectivity index (χ0v) is 37.9. The number of phosphoric ester groups is 1. The van der Waals surface area contributed by atoms with E-state index in [0.717, 1.165) is 25.2 Å². The number of nitrogens with zero attached hydrogens (tertiary/aromatic N) is 1. The molecule has 0 saturated heterocycles. The van der Waals surface area contributed by atoms with E-state index >= 15 is 0 Å². The lowest BCUT2D eigenvalue weighted by molar-refractivity contribution is -0.0213. The summed E-state index contributed by atoms with van der Waals surface area (Å²) < 4.78 is 48.6. The molecule has 53 heavy (non-hydrogen) atoms. The van der Waals surface area contributed by atoms with Crippen LogP contribution in [0.5, 0.6) is 5.75 Å². The van der Waals surface area contributed by atoms with Gasteiger partial charge < -0.3 is 13.7 Å². The number of Topliss-reactive ketones (excluding diaryl/α,β-unsaturated/α-hetero) is 1. The minimum absolute atomic E-state index is 0.0309. The molecule has 0 amide bonds. The lowest BCUT2D eigenvalue weighted by Gasteiger charge is -2.38. The van der Waals surface area contributed by atoms with Crippen LogP contribution in [0.2, 0.25) is 23.2 Å². The number of carbonyl (C=O) groups excluding carboxylic acids is 1. The lowest BCUT2D eigenvalue weighted by atomic mass is 10.1. The number of rotatable bonds is 15. The quantitative estimate of drug-likeness (QED) is 0.0508. The second-order valence-electron chi connectivity index (χ2n) is 17.7. The highest BCUT2D eigenvalue weighted by Crippen LogP contribution is 2.56. The minimum Gasteiger partial charge on any atom is -0.484 e. The second-order valence-corrected chi connectivity index (χ2v) is 25.6. The molecule has 0 aliphatic heterocycles. The molecule has 1 atom stereocenters. The van der Waals surface area contributed by atoms with E-state index in [-0.39, 0.29) is 24.0 Å². The summed E-state index contributed by atoms with van der Waals surface area (Å²) in [6, 6.07) is 16.1. The van der Waals surface area contributed by atoms with Gasteiger partial charge in [0.25, 0.3) is 0 Å². The Morgan fingerprint density at radius 3 is 2.21 bits per heavy atom. The molecular weight excluding hydrogens is 840 g/mol. The van der Waals surface area contributed by atoms with Gasteiger partial charge in [-0.3, -0.25) is 18.4 Å². The number of phosphoric acid groups is 1. The van der Waals surface area contributed by atoms with Gasteiger partial charge in [-0.1, -0.05) is 50.6 Å². The summed E-state index contributed by atoms with van der Waals surface area (Å²) >= 11 is 8.44. The van der Waals surface area contributed by atoms with Crippen LogP contribution in [-0.4, -0.2) is 49.2 Å². The van der Waals surface area contributed by atoms with E-state index < -0.39 is 33.4 Å². The largest absolute Gasteiger partial charge is 0.484 e. The van der Waals surface area contributed by atoms with Crippen molar-refractivity contribution in [3.63, 3.8) is 0 Å². The van der Waals surface area contributed by atoms with Gasteiger partial charge in [-0.15, -0.1) is 0 Å². The molecule has 0 bridgehead atoms. The third-order valence-electron chi connectivity index (χ3n) is 9.65. The molecule has 8 nitrogen and oxygen atoms in total. The number of aryl methyl sites for hydroxylation is 1. The van der Waals surface area contributed by atoms with Gasteiger partial charge in [0.15, 0.2) is 14.9 Å². The number of hydrogen-bond donors (Lipinski definition) is 0. The minimum atomic E-state index is -4.05. The SMILES string of the molecule is CC(C)(C)OP(=O)(O[C@H](CCn1cc(C(=O)COc2cc3ccc(Cl)cc3cc2I)c2ccc(C3CC3)cc21)CO[Si](C)(C)C(C)(C)C)OC(C)(C)C. The van der Waals surface area contributed by atoms with Crippen LogP contribution in [0.3, 0.4) is 0 Å². The summed E-state index contributed by atoms with van der Waals surface area (Å²) in [5.41, 5.74) is 1.28. The molecule has 1 aliphatic carbocycles. The normalized spacial score (nSPS) is 15.3. The number of aromatic nitrogens is 1. The fourth-order valence-corrected chi connectivity index (χ4v) is 9.68. The average Bonchev–Trinajstić information content (AvgIpc) is 3.80. The fourth-order valence-electron chi connectivity index (χ4n) is 5.82. The van der Waals surface area contributed by atoms with Crippen molar-refractivity contribution in [3.05, 3.63) is 74.4 Å². The van der Waals surface area contributed by atoms with Gasteiger partial charge in [0, 0.05) is 34.2 Å². The Morgan fingerprint density at radius 2 is 1.60 bits per heavy atom. The molecule has 12 heteroatoms. The topological polar surface area (TPSA) is 85.2 Å². The summed E-state index contributed by atoms with van der Waals surface area (Å²) in [6.45, 7) is 22.5. The summed E-state index contributed by atoms with van der Waals surface area (Å²) in [5.74, 6) is 1.07. The maximum Gasteiger partial charge on any atom is 0.476 e. The van der Waals surface area contributed by atoms with Crippen LogP contribution in [-0.2, 0) is 29.1 Å². The molecule has 0 unspecified atom stereocenters. The average molecular weight is 896 g/mol. The standard InChI is InChI=1S/C41H56ClINO7PSi/c1-39(2,3)50-52(46,51-40(4,5)6)49-32(25-48-53(10,11)41(7,8)9)18-19-44-24-34(33-17-15-28(22-36(33)44)27-12-13-27)37(45)26-47-38-23-29-14-16-31(42)20-30(29)21-35(38)43/h14-17,20-24,27,32H,12-13,18-19,25-26H2,1-11H3/t32-/m1/s1. The highest BCUT2D eigenvalue weighted by Gasteiger charge is 2.42. The summed E-state index contributed by atoms with van der Waals surface area (Å²) in [4.78, 5) is 13.9. The Labute approximate surface area is 335 Å². The summed E-state index contributed by atoms with van der Waals surface area (Å²) in [7, 11) is -6.24. The van der Waals surface area contributed by atoms with Crippen molar-refractivity contribution in [2.45, 2.75) is 129 Å². The Hall–Kier alpha value is -1.76. The molecule has 1 fully saturated rings. The number of ketones is 1. The number of halogens is 2. The van der Waals surface area contributed by atoms with E-state index in [1.807, 2.05) is 78.1 Å². The number of benzene rings is 3. The van der Waals surface area contributed by atoms with Gasteiger partial charge in [0.1, 0.15) is 5.75 Å². The Kier molecular flexibility index (Phi) is 12.8. The molecular formula is C41H56ClINO7PSi. The maximum atomic E-state index is 14.3. The van der Waals surface area contributed by atoms with Crippen LogP contribution in [0.1, 0.15) is 103 Å². The predicted octanol–water partition coefficient (Wildman–Crippen LogP) is 12.7. The zero-order valence-electron chi connectivity index (χ0n) is 33.1. The Morgan fingerprint density at radius 1 is 0.943 bits per heavy atom. The summed E-state index contributed by atoms with van der Waals surface area (Å²) in [5, 5.41) is 3.51. The van der Waals surface area contributed by atoms with E-state index in [1.165, 1.54) is 18.4 Å². The molecule has 5 rings (SSSR count). The Balaban J connectivity index is 1.43. The highest BCUT2D eigenvalue weighted by atomic mass is 127. The van der Waals surface area contributed by atoms with E-state index in [9.17, 15) is 9.36 Å². The number of hydrogen-bond acceptors (Lipinski definition) is 7. The molecule has 1 saturated carbocycles. The molecule has 0 spiro atoms. The first-order chi connectivity index (χ1) is 24.4. The van der Waals surface area contributed by atoms with Crippen molar-refractivity contribution < 1.29 is 32.1 Å². The van der Waals surface area contributed by atoms with Gasteiger partial charge in [0.2, 0.25) is 5.78 Å². The van der Waals surface area contributed by atoms with E-state index in [0.29, 0.717) is 35.2 Å². The number of fused-ring (bicyclic) bond motifs is 2. The van der Waals surface area contributed by atoms with Gasteiger partial charge in [-0.2, -0.15) is 0 Å². The van der Waals surface area contributed by atoms with Crippen LogP contribution in [0.15, 0.2) is 54.7 Å². The number of ether oxygens (including phenoxy) is 1. The lowest BCUT2D eigenvalue weighted by Crippen LogP contribution is -2.43. The van der Waals surface area contributed by atoms with Gasteiger partial charge in [-0.25, -0.2) is 4.57 Å². The van der Waals surface area contributed by atoms with Gasteiger partial charge in [0.05, 0.1) is 27.5 Å². The third-order valence-corrected chi connectivity index (χ3v) is 17.3. The molecule has 290 valence electrons. The van der Waals surface area contributed by atoms with Gasteiger partial charge >= 0.3 is 7.82 Å². The van der Waals surface area contributed by atoms with E-state index in [2.05, 4.69) is 79.2 Å². The first-order valence-electron chi connectivity index (χ1n) is 18.4. The monoisotopic (exact) mass is 895 g/mol. The predicted molar refractivity (Wildman–Crippen MR) is 227 cm³/mol. The molecule has 1 heterocycles. The molecule has 0 N–H and O–H groups in total. The molecule has 0 radical (unpaired) electrons. The van der Waals surface area contributed by atoms with Crippen molar-refractivity contribution >= 4 is 77.8 Å². The molecule has 1 aromatic heterocycles. The van der Waals surface area contributed by atoms with Crippen molar-refractivity contribution in [1.82, 2.24) is 4.57 Å². The number of carbonyl (C=O) groups is 1. The summed E-state index contributed by atoms with van der Waals surface area (Å²) in [6.07, 6.45) is 4.08. The van der Waals surface area contributed by atoms with Crippen molar-refractivity contribution in [1.29, 1.82) is 0 Å².